The minimum atomic E-state index is -4.68. The molecule has 1 aromatic heterocycles. The number of benzene rings is 1. The molecule has 0 aliphatic carbocycles. The van der Waals surface area contributed by atoms with Crippen molar-refractivity contribution in [2.45, 2.75) is 62.8 Å². The van der Waals surface area contributed by atoms with Gasteiger partial charge in [0, 0.05) is 76.7 Å². The molecular formula is C34H46ClF3N8O3S. The Balaban J connectivity index is 1.13. The van der Waals surface area contributed by atoms with Gasteiger partial charge in [-0.15, -0.1) is 11.3 Å². The summed E-state index contributed by atoms with van der Waals surface area (Å²) < 4.78 is 42.1. The van der Waals surface area contributed by atoms with Crippen LogP contribution in [0.4, 0.5) is 34.1 Å². The smallest absolute Gasteiger partial charge is 0.386 e. The highest BCUT2D eigenvalue weighted by atomic mass is 35.5. The molecule has 3 saturated heterocycles. The lowest BCUT2D eigenvalue weighted by molar-refractivity contribution is -0.137. The van der Waals surface area contributed by atoms with Crippen molar-refractivity contribution in [3.8, 4) is 0 Å². The molecule has 4 aliphatic rings. The van der Waals surface area contributed by atoms with Crippen molar-refractivity contribution in [3.63, 3.8) is 0 Å². The Hall–Kier alpha value is -3.27. The summed E-state index contributed by atoms with van der Waals surface area (Å²) in [6, 6.07) is 1.14. The zero-order valence-corrected chi connectivity index (χ0v) is 30.1. The van der Waals surface area contributed by atoms with E-state index in [1.165, 1.54) is 13.1 Å². The van der Waals surface area contributed by atoms with Gasteiger partial charge in [-0.05, 0) is 80.9 Å². The van der Waals surface area contributed by atoms with Gasteiger partial charge in [-0.25, -0.2) is 9.59 Å². The Morgan fingerprint density at radius 3 is 2.30 bits per heavy atom. The number of carbonyl (C=O) groups is 3. The number of carbonyl (C=O) groups excluding carboxylic acids is 3. The molecule has 3 fully saturated rings. The van der Waals surface area contributed by atoms with E-state index < -0.39 is 23.8 Å². The first-order valence-corrected chi connectivity index (χ1v) is 18.7. The fraction of sp³-hybridized carbons (Fsp3) is 0.618. The molecule has 16 heteroatoms. The van der Waals surface area contributed by atoms with E-state index in [1.54, 1.807) is 21.1 Å². The molecule has 5 amide bonds. The van der Waals surface area contributed by atoms with Crippen LogP contribution in [-0.4, -0.2) is 134 Å². The molecule has 0 spiro atoms. The van der Waals surface area contributed by atoms with Crippen molar-refractivity contribution < 1.29 is 27.6 Å². The molecule has 11 nitrogen and oxygen atoms in total. The van der Waals surface area contributed by atoms with Crippen LogP contribution in [-0.2, 0) is 23.8 Å². The molecule has 0 radical (unpaired) electrons. The lowest BCUT2D eigenvalue weighted by Crippen LogP contribution is -2.59. The Labute approximate surface area is 300 Å². The highest BCUT2D eigenvalue weighted by Gasteiger charge is 2.38. The van der Waals surface area contributed by atoms with Gasteiger partial charge in [0.15, 0.2) is 0 Å². The number of halogens is 4. The first-order valence-electron chi connectivity index (χ1n) is 17.4. The molecule has 0 unspecified atom stereocenters. The zero-order valence-electron chi connectivity index (χ0n) is 28.5. The van der Waals surface area contributed by atoms with Gasteiger partial charge < -0.3 is 35.6 Å². The number of hydrogen-bond donors (Lipinski definition) is 3. The van der Waals surface area contributed by atoms with Crippen LogP contribution < -0.4 is 16.0 Å². The predicted octanol–water partition coefficient (Wildman–Crippen LogP) is 4.88. The molecule has 1 atom stereocenters. The number of thiophene rings is 1. The average Bonchev–Trinajstić information content (AvgIpc) is 3.47. The van der Waals surface area contributed by atoms with Gasteiger partial charge in [-0.1, -0.05) is 11.6 Å². The summed E-state index contributed by atoms with van der Waals surface area (Å²) in [6.07, 6.45) is -0.788. The molecule has 0 bridgehead atoms. The number of amides is 5. The van der Waals surface area contributed by atoms with Gasteiger partial charge in [0.25, 0.3) is 0 Å². The highest BCUT2D eigenvalue weighted by Crippen LogP contribution is 2.39. The van der Waals surface area contributed by atoms with Crippen LogP contribution in [0.2, 0.25) is 5.02 Å². The first kappa shape index (κ1) is 36.5. The Morgan fingerprint density at radius 2 is 1.64 bits per heavy atom. The van der Waals surface area contributed by atoms with E-state index in [2.05, 4.69) is 32.8 Å². The molecular weight excluding hydrogens is 693 g/mol. The second-order valence-corrected chi connectivity index (χ2v) is 14.9. The predicted molar refractivity (Wildman–Crippen MR) is 189 cm³/mol. The molecule has 2 aromatic rings. The molecule has 6 rings (SSSR count). The summed E-state index contributed by atoms with van der Waals surface area (Å²) >= 11 is 7.86. The van der Waals surface area contributed by atoms with Crippen LogP contribution in [0.25, 0.3) is 0 Å². The maximum absolute atomic E-state index is 14.1. The number of piperazine rings is 1. The molecule has 50 heavy (non-hydrogen) atoms. The Bertz CT molecular complexity index is 1540. The van der Waals surface area contributed by atoms with E-state index >= 15 is 0 Å². The summed E-state index contributed by atoms with van der Waals surface area (Å²) in [5.74, 6) is -0.327. The maximum Gasteiger partial charge on any atom is 0.418 e. The molecule has 3 N–H and O–H groups in total. The minimum Gasteiger partial charge on any atom is -0.386 e. The maximum atomic E-state index is 14.1. The van der Waals surface area contributed by atoms with Gasteiger partial charge in [-0.3, -0.25) is 9.69 Å². The van der Waals surface area contributed by atoms with Crippen molar-refractivity contribution in [3.05, 3.63) is 44.6 Å². The number of urea groups is 2. The second-order valence-electron chi connectivity index (χ2n) is 13.8. The number of rotatable bonds is 7. The summed E-state index contributed by atoms with van der Waals surface area (Å²) in [6.45, 7) is 5.75. The third kappa shape index (κ3) is 8.27. The largest absolute Gasteiger partial charge is 0.418 e. The number of hydrogen-bond acceptors (Lipinski definition) is 7. The van der Waals surface area contributed by atoms with Crippen LogP contribution in [0, 0.1) is 0 Å². The summed E-state index contributed by atoms with van der Waals surface area (Å²) in [5.41, 5.74) is 0.996. The lowest BCUT2D eigenvalue weighted by atomic mass is 9.99. The van der Waals surface area contributed by atoms with E-state index in [0.29, 0.717) is 64.7 Å². The fourth-order valence-electron chi connectivity index (χ4n) is 7.71. The third-order valence-corrected chi connectivity index (χ3v) is 11.7. The molecule has 4 aliphatic heterocycles. The van der Waals surface area contributed by atoms with Crippen molar-refractivity contribution in [2.75, 3.05) is 83.6 Å². The van der Waals surface area contributed by atoms with E-state index in [1.807, 2.05) is 15.7 Å². The van der Waals surface area contributed by atoms with Gasteiger partial charge in [0.2, 0.25) is 5.91 Å². The van der Waals surface area contributed by atoms with E-state index in [-0.39, 0.29) is 40.7 Å². The lowest BCUT2D eigenvalue weighted by Gasteiger charge is -2.43. The van der Waals surface area contributed by atoms with Gasteiger partial charge in [-0.2, -0.15) is 13.2 Å². The van der Waals surface area contributed by atoms with E-state index in [9.17, 15) is 27.6 Å². The number of alkyl halides is 3. The summed E-state index contributed by atoms with van der Waals surface area (Å²) in [4.78, 5) is 50.7. The zero-order chi connectivity index (χ0) is 35.6. The van der Waals surface area contributed by atoms with Gasteiger partial charge >= 0.3 is 18.2 Å². The van der Waals surface area contributed by atoms with Crippen molar-refractivity contribution >= 4 is 52.3 Å². The van der Waals surface area contributed by atoms with Gasteiger partial charge in [0.05, 0.1) is 22.0 Å². The normalized spacial score (nSPS) is 21.0. The number of likely N-dealkylation sites (tertiary alicyclic amines) is 2. The monoisotopic (exact) mass is 738 g/mol. The van der Waals surface area contributed by atoms with Crippen molar-refractivity contribution in [1.29, 1.82) is 0 Å². The number of anilines is 2. The quantitative estimate of drug-likeness (QED) is 0.375. The summed E-state index contributed by atoms with van der Waals surface area (Å²) in [7, 11) is 3.49. The highest BCUT2D eigenvalue weighted by molar-refractivity contribution is 7.08. The van der Waals surface area contributed by atoms with Crippen LogP contribution in [0.15, 0.2) is 22.9 Å². The summed E-state index contributed by atoms with van der Waals surface area (Å²) in [5, 5.41) is 12.3. The SMILES string of the molecule is CNc1c(Cl)cc(C[C@@H](NC(=O)N2CCC(N3CCc4cscc4NC3=O)CC2)C(=O)N2CCN(C3CCN(C)CC3)CC2)cc1C(F)(F)F. The van der Waals surface area contributed by atoms with E-state index in [4.69, 9.17) is 11.6 Å². The Morgan fingerprint density at radius 1 is 0.960 bits per heavy atom. The molecule has 5 heterocycles. The number of nitrogens with zero attached hydrogens (tertiary/aromatic N) is 5. The standard InChI is InChI=1S/C34H46ClF3N8O3S/c1-39-30-26(34(36,37)38)17-22(18-27(30)35)19-28(31(47)44-15-13-43(14-16-44)24-4-8-42(2)9-5-24)40-32(48)45-10-6-25(7-11-45)46-12-3-23-20-50-21-29(23)41-33(46)49/h17-18,20-21,24-25,28,39H,3-16,19H2,1-2H3,(H,40,48)(H,41,49)/t28-/m1/s1. The Kier molecular flexibility index (Phi) is 11.4. The first-order chi connectivity index (χ1) is 23.9. The molecule has 1 aromatic carbocycles. The second kappa shape index (κ2) is 15.5. The van der Waals surface area contributed by atoms with Gasteiger partial charge in [0.1, 0.15) is 6.04 Å². The fourth-order valence-corrected chi connectivity index (χ4v) is 8.87. The third-order valence-electron chi connectivity index (χ3n) is 10.6. The number of fused-ring (bicyclic) bond motifs is 1. The number of nitrogens with one attached hydrogen (secondary N) is 3. The minimum absolute atomic E-state index is 0.0429. The van der Waals surface area contributed by atoms with Crippen LogP contribution in [0.3, 0.4) is 0 Å². The van der Waals surface area contributed by atoms with E-state index in [0.717, 1.165) is 49.7 Å². The molecule has 274 valence electrons. The van der Waals surface area contributed by atoms with Crippen molar-refractivity contribution in [2.24, 2.45) is 0 Å². The topological polar surface area (TPSA) is 103 Å². The molecule has 0 saturated carbocycles. The average molecular weight is 739 g/mol. The van der Waals surface area contributed by atoms with Crippen molar-refractivity contribution in [1.82, 2.24) is 29.8 Å². The van der Waals surface area contributed by atoms with Crippen LogP contribution in [0.1, 0.15) is 42.4 Å². The number of piperidine rings is 2. The van der Waals surface area contributed by atoms with Crippen LogP contribution in [0.5, 0.6) is 0 Å². The van der Waals surface area contributed by atoms with Crippen LogP contribution >= 0.6 is 22.9 Å².